The van der Waals surface area contributed by atoms with E-state index in [-0.39, 0.29) is 5.25 Å². The second-order valence-corrected chi connectivity index (χ2v) is 7.37. The summed E-state index contributed by atoms with van der Waals surface area (Å²) in [5.74, 6) is 1.31. The lowest BCUT2D eigenvalue weighted by atomic mass is 10.2. The fraction of sp³-hybridized carbons (Fsp3) is 0.188. The van der Waals surface area contributed by atoms with Crippen molar-refractivity contribution in [2.45, 2.75) is 18.6 Å². The number of nitrogens with zero attached hydrogens (tertiary/aromatic N) is 3. The van der Waals surface area contributed by atoms with Crippen LogP contribution in [0.3, 0.4) is 0 Å². The Balaban J connectivity index is 1.49. The Morgan fingerprint density at radius 1 is 1.23 bits per heavy atom. The fourth-order valence-corrected chi connectivity index (χ4v) is 3.98. The smallest absolute Gasteiger partial charge is 0.240 e. The van der Waals surface area contributed by atoms with Crippen molar-refractivity contribution in [2.24, 2.45) is 4.99 Å². The molecule has 1 aliphatic rings. The second-order valence-electron chi connectivity index (χ2n) is 5.00. The van der Waals surface area contributed by atoms with Gasteiger partial charge in [-0.05, 0) is 30.0 Å². The molecular formula is C16H13N3OS2. The summed E-state index contributed by atoms with van der Waals surface area (Å²) in [4.78, 5) is 10.2. The molecule has 1 aromatic carbocycles. The summed E-state index contributed by atoms with van der Waals surface area (Å²) in [6.07, 6.45) is 0.886. The molecule has 1 unspecified atom stereocenters. The summed E-state index contributed by atoms with van der Waals surface area (Å²) in [6, 6.07) is 12.2. The van der Waals surface area contributed by atoms with Crippen molar-refractivity contribution >= 4 is 33.8 Å². The molecule has 0 saturated carbocycles. The molecule has 0 radical (unpaired) electrons. The molecule has 110 valence electrons. The van der Waals surface area contributed by atoms with E-state index >= 15 is 0 Å². The molecule has 3 heterocycles. The maximum Gasteiger partial charge on any atom is 0.240 e. The molecule has 0 spiro atoms. The predicted octanol–water partition coefficient (Wildman–Crippen LogP) is 4.88. The van der Waals surface area contributed by atoms with Crippen LogP contribution in [-0.4, -0.2) is 15.2 Å². The lowest BCUT2D eigenvalue weighted by Gasteiger charge is -2.05. The van der Waals surface area contributed by atoms with E-state index in [1.165, 1.54) is 5.56 Å². The molecule has 0 amide bonds. The number of hydrogen-bond acceptors (Lipinski definition) is 6. The van der Waals surface area contributed by atoms with Gasteiger partial charge in [-0.15, -0.1) is 11.3 Å². The third-order valence-corrected chi connectivity index (χ3v) is 5.35. The van der Waals surface area contributed by atoms with E-state index in [9.17, 15) is 0 Å². The summed E-state index contributed by atoms with van der Waals surface area (Å²) in [7, 11) is 0. The zero-order chi connectivity index (χ0) is 14.9. The second kappa shape index (κ2) is 5.70. The van der Waals surface area contributed by atoms with Gasteiger partial charge in [-0.3, -0.25) is 0 Å². The molecule has 0 aliphatic carbocycles. The molecule has 0 N–H and O–H groups in total. The highest BCUT2D eigenvalue weighted by Crippen LogP contribution is 2.36. The Hall–Kier alpha value is -1.92. The maximum absolute atomic E-state index is 5.41. The van der Waals surface area contributed by atoms with Crippen molar-refractivity contribution in [1.29, 1.82) is 0 Å². The van der Waals surface area contributed by atoms with Gasteiger partial charge in [-0.2, -0.15) is 4.98 Å². The van der Waals surface area contributed by atoms with Gasteiger partial charge in [-0.1, -0.05) is 41.2 Å². The SMILES string of the molecule is CC(SC1=Nc2ccccc2C1)c1nc(-c2cccs2)no1. The number of thiophene rings is 1. The first-order valence-electron chi connectivity index (χ1n) is 6.99. The van der Waals surface area contributed by atoms with Crippen molar-refractivity contribution in [3.63, 3.8) is 0 Å². The van der Waals surface area contributed by atoms with E-state index in [1.807, 2.05) is 23.6 Å². The molecule has 6 heteroatoms. The van der Waals surface area contributed by atoms with Crippen LogP contribution in [0.15, 0.2) is 51.3 Å². The topological polar surface area (TPSA) is 51.3 Å². The van der Waals surface area contributed by atoms with Gasteiger partial charge in [0.05, 0.1) is 20.9 Å². The lowest BCUT2D eigenvalue weighted by molar-refractivity contribution is 0.381. The number of aromatic nitrogens is 2. The zero-order valence-electron chi connectivity index (χ0n) is 11.9. The highest BCUT2D eigenvalue weighted by molar-refractivity contribution is 8.14. The largest absolute Gasteiger partial charge is 0.338 e. The van der Waals surface area contributed by atoms with Gasteiger partial charge in [0.1, 0.15) is 0 Å². The predicted molar refractivity (Wildman–Crippen MR) is 90.9 cm³/mol. The zero-order valence-corrected chi connectivity index (χ0v) is 13.5. The van der Waals surface area contributed by atoms with Crippen molar-refractivity contribution in [1.82, 2.24) is 10.1 Å². The van der Waals surface area contributed by atoms with E-state index < -0.39 is 0 Å². The number of rotatable bonds is 3. The van der Waals surface area contributed by atoms with E-state index in [4.69, 9.17) is 4.52 Å². The maximum atomic E-state index is 5.41. The summed E-state index contributed by atoms with van der Waals surface area (Å²) in [5, 5.41) is 7.27. The molecular weight excluding hydrogens is 314 g/mol. The van der Waals surface area contributed by atoms with Crippen LogP contribution < -0.4 is 0 Å². The highest BCUT2D eigenvalue weighted by Gasteiger charge is 2.21. The normalized spacial score (nSPS) is 14.7. The van der Waals surface area contributed by atoms with Gasteiger partial charge in [0.15, 0.2) is 0 Å². The molecule has 1 aliphatic heterocycles. The quantitative estimate of drug-likeness (QED) is 0.688. The number of hydrogen-bond donors (Lipinski definition) is 0. The molecule has 2 aromatic heterocycles. The van der Waals surface area contributed by atoms with Crippen molar-refractivity contribution in [2.75, 3.05) is 0 Å². The average molecular weight is 327 g/mol. The number of benzene rings is 1. The van der Waals surface area contributed by atoms with Crippen LogP contribution in [0.25, 0.3) is 10.7 Å². The third-order valence-electron chi connectivity index (χ3n) is 3.42. The first-order chi connectivity index (χ1) is 10.8. The molecule has 22 heavy (non-hydrogen) atoms. The molecule has 0 saturated heterocycles. The van der Waals surface area contributed by atoms with E-state index in [1.54, 1.807) is 23.1 Å². The highest BCUT2D eigenvalue weighted by atomic mass is 32.2. The Morgan fingerprint density at radius 2 is 2.14 bits per heavy atom. The lowest BCUT2D eigenvalue weighted by Crippen LogP contribution is -1.97. The summed E-state index contributed by atoms with van der Waals surface area (Å²) in [5.41, 5.74) is 2.35. The van der Waals surface area contributed by atoms with Gasteiger partial charge in [-0.25, -0.2) is 4.99 Å². The van der Waals surface area contributed by atoms with Crippen molar-refractivity contribution in [3.05, 3.63) is 53.2 Å². The monoisotopic (exact) mass is 327 g/mol. The van der Waals surface area contributed by atoms with E-state index in [0.29, 0.717) is 11.7 Å². The summed E-state index contributed by atoms with van der Waals surface area (Å²) < 4.78 is 5.41. The van der Waals surface area contributed by atoms with Crippen molar-refractivity contribution in [3.8, 4) is 10.7 Å². The van der Waals surface area contributed by atoms with Gasteiger partial charge in [0.25, 0.3) is 0 Å². The Labute approximate surface area is 136 Å². The van der Waals surface area contributed by atoms with E-state index in [0.717, 1.165) is 22.0 Å². The molecule has 1 atom stereocenters. The van der Waals surface area contributed by atoms with Crippen LogP contribution >= 0.6 is 23.1 Å². The minimum absolute atomic E-state index is 0.0919. The molecule has 3 aromatic rings. The van der Waals surface area contributed by atoms with Crippen molar-refractivity contribution < 1.29 is 4.52 Å². The van der Waals surface area contributed by atoms with Crippen LogP contribution in [0, 0.1) is 0 Å². The van der Waals surface area contributed by atoms with Crippen LogP contribution in [0.2, 0.25) is 0 Å². The number of thioether (sulfide) groups is 1. The third kappa shape index (κ3) is 2.60. The molecule has 4 rings (SSSR count). The fourth-order valence-electron chi connectivity index (χ4n) is 2.33. The van der Waals surface area contributed by atoms with Gasteiger partial charge >= 0.3 is 0 Å². The first-order valence-corrected chi connectivity index (χ1v) is 8.75. The number of aliphatic imine (C=N–C) groups is 1. The minimum atomic E-state index is 0.0919. The van der Waals surface area contributed by atoms with Crippen LogP contribution in [0.4, 0.5) is 5.69 Å². The van der Waals surface area contributed by atoms with Gasteiger partial charge < -0.3 is 4.52 Å². The van der Waals surface area contributed by atoms with E-state index in [2.05, 4.69) is 40.3 Å². The van der Waals surface area contributed by atoms with Crippen LogP contribution in [-0.2, 0) is 6.42 Å². The number of para-hydroxylation sites is 1. The summed E-state index contributed by atoms with van der Waals surface area (Å²) >= 11 is 3.29. The molecule has 0 fully saturated rings. The first kappa shape index (κ1) is 13.7. The molecule has 0 bridgehead atoms. The molecule has 4 nitrogen and oxygen atoms in total. The average Bonchev–Trinajstić information content (AvgIpc) is 3.26. The Kier molecular flexibility index (Phi) is 3.56. The minimum Gasteiger partial charge on any atom is -0.338 e. The van der Waals surface area contributed by atoms with Crippen LogP contribution in [0.1, 0.15) is 23.6 Å². The Morgan fingerprint density at radius 3 is 2.95 bits per heavy atom. The number of fused-ring (bicyclic) bond motifs is 1. The van der Waals surface area contributed by atoms with Gasteiger partial charge in [0.2, 0.25) is 11.7 Å². The standard InChI is InChI=1S/C16H13N3OS2/c1-10(16-18-15(19-20-16)13-7-4-8-21-13)22-14-9-11-5-2-3-6-12(11)17-14/h2-8,10H,9H2,1H3. The van der Waals surface area contributed by atoms with Gasteiger partial charge in [0, 0.05) is 6.42 Å². The van der Waals surface area contributed by atoms with Crippen LogP contribution in [0.5, 0.6) is 0 Å². The summed E-state index contributed by atoms with van der Waals surface area (Å²) in [6.45, 7) is 2.07. The Bertz CT molecular complexity index is 824.